The number of rotatable bonds is 4. The molecule has 1 N–H and O–H groups in total. The maximum absolute atomic E-state index is 12.5. The lowest BCUT2D eigenvalue weighted by atomic mass is 10.0. The standard InChI is InChI=1S/C13H21N3O2S/c1-13(2)11-15-8-9-16(13)19(17,18)10-5-12-3-6-14-7-4-12/h3-4,6-7,15H,5,8-11H2,1-2H3. The highest BCUT2D eigenvalue weighted by Crippen LogP contribution is 2.21. The fourth-order valence-electron chi connectivity index (χ4n) is 2.39. The minimum absolute atomic E-state index is 0.153. The molecule has 6 heteroatoms. The van der Waals surface area contributed by atoms with Gasteiger partial charge >= 0.3 is 0 Å². The number of hydrogen-bond acceptors (Lipinski definition) is 4. The summed E-state index contributed by atoms with van der Waals surface area (Å²) in [5.74, 6) is 0.153. The Morgan fingerprint density at radius 3 is 2.68 bits per heavy atom. The molecule has 0 bridgehead atoms. The van der Waals surface area contributed by atoms with Gasteiger partial charge in [0, 0.05) is 37.6 Å². The average molecular weight is 283 g/mol. The smallest absolute Gasteiger partial charge is 0.215 e. The van der Waals surface area contributed by atoms with Gasteiger partial charge in [-0.15, -0.1) is 0 Å². The maximum atomic E-state index is 12.5. The number of aromatic nitrogens is 1. The first-order valence-electron chi connectivity index (χ1n) is 6.52. The van der Waals surface area contributed by atoms with E-state index in [-0.39, 0.29) is 11.3 Å². The summed E-state index contributed by atoms with van der Waals surface area (Å²) in [6.07, 6.45) is 3.91. The van der Waals surface area contributed by atoms with Crippen LogP contribution >= 0.6 is 0 Å². The Morgan fingerprint density at radius 1 is 1.37 bits per heavy atom. The topological polar surface area (TPSA) is 62.3 Å². The van der Waals surface area contributed by atoms with Gasteiger partial charge in [-0.3, -0.25) is 4.98 Å². The van der Waals surface area contributed by atoms with Crippen LogP contribution in [0.25, 0.3) is 0 Å². The van der Waals surface area contributed by atoms with Crippen LogP contribution in [0, 0.1) is 0 Å². The van der Waals surface area contributed by atoms with E-state index in [4.69, 9.17) is 0 Å². The monoisotopic (exact) mass is 283 g/mol. The molecule has 1 aromatic heterocycles. The van der Waals surface area contributed by atoms with E-state index in [2.05, 4.69) is 10.3 Å². The molecule has 0 unspecified atom stereocenters. The highest BCUT2D eigenvalue weighted by Gasteiger charge is 2.37. The van der Waals surface area contributed by atoms with Crippen LogP contribution in [-0.4, -0.2) is 48.6 Å². The van der Waals surface area contributed by atoms with Gasteiger partial charge in [0.1, 0.15) is 0 Å². The van der Waals surface area contributed by atoms with Crippen LogP contribution in [0.5, 0.6) is 0 Å². The molecule has 1 fully saturated rings. The van der Waals surface area contributed by atoms with Gasteiger partial charge in [-0.25, -0.2) is 8.42 Å². The number of nitrogens with one attached hydrogen (secondary N) is 1. The summed E-state index contributed by atoms with van der Waals surface area (Å²) in [4.78, 5) is 3.93. The molecule has 0 aromatic carbocycles. The van der Waals surface area contributed by atoms with E-state index in [0.717, 1.165) is 12.1 Å². The van der Waals surface area contributed by atoms with Crippen LogP contribution in [0.1, 0.15) is 19.4 Å². The van der Waals surface area contributed by atoms with Crippen LogP contribution in [-0.2, 0) is 16.4 Å². The van der Waals surface area contributed by atoms with Gasteiger partial charge in [-0.1, -0.05) is 0 Å². The van der Waals surface area contributed by atoms with E-state index in [1.54, 1.807) is 16.7 Å². The molecule has 0 aliphatic carbocycles. The molecule has 19 heavy (non-hydrogen) atoms. The molecular formula is C13H21N3O2S. The Morgan fingerprint density at radius 2 is 2.05 bits per heavy atom. The van der Waals surface area contributed by atoms with Crippen molar-refractivity contribution in [3.8, 4) is 0 Å². The predicted molar refractivity (Wildman–Crippen MR) is 75.4 cm³/mol. The molecule has 1 aliphatic heterocycles. The second-order valence-corrected chi connectivity index (χ2v) is 7.50. The fourth-order valence-corrected chi connectivity index (χ4v) is 4.29. The lowest BCUT2D eigenvalue weighted by molar-refractivity contribution is 0.186. The molecule has 0 amide bonds. The van der Waals surface area contributed by atoms with Crippen molar-refractivity contribution in [1.82, 2.24) is 14.6 Å². The average Bonchev–Trinajstić information content (AvgIpc) is 2.37. The summed E-state index contributed by atoms with van der Waals surface area (Å²) in [7, 11) is -3.22. The van der Waals surface area contributed by atoms with E-state index in [9.17, 15) is 8.42 Å². The molecule has 5 nitrogen and oxygen atoms in total. The van der Waals surface area contributed by atoms with Gasteiger partial charge < -0.3 is 5.32 Å². The number of piperazine rings is 1. The van der Waals surface area contributed by atoms with Crippen LogP contribution in [0.2, 0.25) is 0 Å². The Labute approximate surface area is 115 Å². The molecule has 2 rings (SSSR count). The zero-order valence-corrected chi connectivity index (χ0v) is 12.3. The highest BCUT2D eigenvalue weighted by molar-refractivity contribution is 7.89. The quantitative estimate of drug-likeness (QED) is 0.881. The molecule has 0 spiro atoms. The first-order chi connectivity index (χ1) is 8.92. The van der Waals surface area contributed by atoms with Crippen LogP contribution in [0.4, 0.5) is 0 Å². The van der Waals surface area contributed by atoms with Crippen molar-refractivity contribution < 1.29 is 8.42 Å². The van der Waals surface area contributed by atoms with E-state index in [0.29, 0.717) is 19.5 Å². The van der Waals surface area contributed by atoms with Crippen molar-refractivity contribution >= 4 is 10.0 Å². The van der Waals surface area contributed by atoms with Crippen molar-refractivity contribution in [1.29, 1.82) is 0 Å². The largest absolute Gasteiger partial charge is 0.314 e. The zero-order chi connectivity index (χ0) is 13.9. The van der Waals surface area contributed by atoms with Gasteiger partial charge in [0.05, 0.1) is 5.75 Å². The van der Waals surface area contributed by atoms with E-state index in [1.807, 2.05) is 26.0 Å². The molecular weight excluding hydrogens is 262 g/mol. The minimum atomic E-state index is -3.22. The minimum Gasteiger partial charge on any atom is -0.314 e. The second-order valence-electron chi connectivity index (χ2n) is 5.48. The number of hydrogen-bond donors (Lipinski definition) is 1. The number of aryl methyl sites for hydroxylation is 1. The lowest BCUT2D eigenvalue weighted by Crippen LogP contribution is -2.60. The molecule has 1 saturated heterocycles. The fraction of sp³-hybridized carbons (Fsp3) is 0.615. The highest BCUT2D eigenvalue weighted by atomic mass is 32.2. The van der Waals surface area contributed by atoms with Gasteiger partial charge in [-0.2, -0.15) is 4.31 Å². The Bertz CT molecular complexity index is 514. The Kier molecular flexibility index (Phi) is 4.23. The van der Waals surface area contributed by atoms with Crippen LogP contribution < -0.4 is 5.32 Å². The van der Waals surface area contributed by atoms with Crippen LogP contribution in [0.15, 0.2) is 24.5 Å². The van der Waals surface area contributed by atoms with Gasteiger partial charge in [0.15, 0.2) is 0 Å². The summed E-state index contributed by atoms with van der Waals surface area (Å²) in [6, 6.07) is 3.72. The third kappa shape index (κ3) is 3.52. The van der Waals surface area contributed by atoms with Crippen molar-refractivity contribution in [3.05, 3.63) is 30.1 Å². The molecule has 1 aliphatic rings. The van der Waals surface area contributed by atoms with Crippen LogP contribution in [0.3, 0.4) is 0 Å². The molecule has 106 valence electrons. The number of sulfonamides is 1. The maximum Gasteiger partial charge on any atom is 0.215 e. The predicted octanol–water partition coefficient (Wildman–Crippen LogP) is 0.638. The second kappa shape index (κ2) is 5.56. The Balaban J connectivity index is 2.06. The molecule has 1 aromatic rings. The first kappa shape index (κ1) is 14.4. The van der Waals surface area contributed by atoms with Crippen molar-refractivity contribution in [2.75, 3.05) is 25.4 Å². The van der Waals surface area contributed by atoms with Gasteiger partial charge in [-0.05, 0) is 38.0 Å². The summed E-state index contributed by atoms with van der Waals surface area (Å²) in [6.45, 7) is 5.89. The third-order valence-electron chi connectivity index (χ3n) is 3.46. The summed E-state index contributed by atoms with van der Waals surface area (Å²) in [5.41, 5.74) is 0.654. The van der Waals surface area contributed by atoms with E-state index in [1.165, 1.54) is 0 Å². The Hall–Kier alpha value is -0.980. The van der Waals surface area contributed by atoms with E-state index >= 15 is 0 Å². The van der Waals surface area contributed by atoms with Gasteiger partial charge in [0.2, 0.25) is 10.0 Å². The molecule has 2 heterocycles. The number of nitrogens with zero attached hydrogens (tertiary/aromatic N) is 2. The normalized spacial score (nSPS) is 20.3. The molecule has 0 radical (unpaired) electrons. The van der Waals surface area contributed by atoms with Crippen molar-refractivity contribution in [3.63, 3.8) is 0 Å². The lowest BCUT2D eigenvalue weighted by Gasteiger charge is -2.41. The molecule has 0 atom stereocenters. The van der Waals surface area contributed by atoms with Crippen molar-refractivity contribution in [2.45, 2.75) is 25.8 Å². The van der Waals surface area contributed by atoms with Crippen molar-refractivity contribution in [2.24, 2.45) is 0 Å². The molecule has 0 saturated carbocycles. The first-order valence-corrected chi connectivity index (χ1v) is 8.13. The summed E-state index contributed by atoms with van der Waals surface area (Å²) < 4.78 is 26.6. The SMILES string of the molecule is CC1(C)CNCCN1S(=O)(=O)CCc1ccncc1. The van der Waals surface area contributed by atoms with Gasteiger partial charge in [0.25, 0.3) is 0 Å². The summed E-state index contributed by atoms with van der Waals surface area (Å²) >= 11 is 0. The van der Waals surface area contributed by atoms with E-state index < -0.39 is 10.0 Å². The number of pyridine rings is 1. The summed E-state index contributed by atoms with van der Waals surface area (Å²) in [5, 5.41) is 3.24. The zero-order valence-electron chi connectivity index (χ0n) is 11.5. The third-order valence-corrected chi connectivity index (χ3v) is 5.53.